The molecule has 5 rings (SSSR count). The number of carbonyl (C=O) groups excluding carboxylic acids is 1. The summed E-state index contributed by atoms with van der Waals surface area (Å²) in [6, 6.07) is 9.56. The number of aromatic nitrogens is 2. The van der Waals surface area contributed by atoms with Gasteiger partial charge in [0, 0.05) is 31.6 Å². The van der Waals surface area contributed by atoms with E-state index in [9.17, 15) is 14.9 Å². The molecule has 2 aromatic heterocycles. The number of rotatable bonds is 6. The summed E-state index contributed by atoms with van der Waals surface area (Å²) in [5.41, 5.74) is 2.14. The van der Waals surface area contributed by atoms with Crippen molar-refractivity contribution >= 4 is 33.4 Å². The SMILES string of the molecule is C#N.N#Cc1ccccc1Cn1c(N2CCCCC2)nc2c(C(=O)NCC3CC3)csc2c1=O. The maximum Gasteiger partial charge on any atom is 0.273 e. The third-order valence-electron chi connectivity index (χ3n) is 6.26. The molecule has 1 amide bonds. The predicted octanol–water partition coefficient (Wildman–Crippen LogP) is 3.65. The van der Waals surface area contributed by atoms with Gasteiger partial charge in [-0.2, -0.15) is 5.26 Å². The molecule has 0 spiro atoms. The maximum atomic E-state index is 13.6. The molecule has 1 aliphatic carbocycles. The van der Waals surface area contributed by atoms with Crippen molar-refractivity contribution in [2.75, 3.05) is 24.5 Å². The number of nitrogens with one attached hydrogen (secondary N) is 1. The first-order chi connectivity index (χ1) is 16.7. The number of carbonyl (C=O) groups is 1. The molecule has 8 nitrogen and oxygen atoms in total. The Kier molecular flexibility index (Phi) is 7.24. The second kappa shape index (κ2) is 10.5. The molecular weight excluding hydrogens is 448 g/mol. The van der Waals surface area contributed by atoms with Gasteiger partial charge in [0.2, 0.25) is 5.95 Å². The van der Waals surface area contributed by atoms with Crippen LogP contribution in [0.3, 0.4) is 0 Å². The van der Waals surface area contributed by atoms with Crippen molar-refractivity contribution in [3.05, 3.63) is 56.7 Å². The van der Waals surface area contributed by atoms with Crippen LogP contribution in [-0.4, -0.2) is 35.1 Å². The predicted molar refractivity (Wildman–Crippen MR) is 132 cm³/mol. The fourth-order valence-electron chi connectivity index (χ4n) is 4.22. The molecule has 3 aromatic rings. The van der Waals surface area contributed by atoms with Crippen molar-refractivity contribution in [1.29, 1.82) is 10.5 Å². The van der Waals surface area contributed by atoms with Crippen molar-refractivity contribution in [1.82, 2.24) is 14.9 Å². The lowest BCUT2D eigenvalue weighted by Crippen LogP contribution is -2.36. The highest BCUT2D eigenvalue weighted by Crippen LogP contribution is 2.29. The van der Waals surface area contributed by atoms with Crippen molar-refractivity contribution in [2.24, 2.45) is 5.92 Å². The zero-order valence-corrected chi connectivity index (χ0v) is 19.7. The molecule has 0 radical (unpaired) electrons. The number of amides is 1. The molecule has 0 atom stereocenters. The number of nitriles is 2. The molecule has 2 aliphatic rings. The minimum atomic E-state index is -0.160. The molecule has 1 N–H and O–H groups in total. The Balaban J connectivity index is 0.00000133. The lowest BCUT2D eigenvalue weighted by Gasteiger charge is -2.29. The Morgan fingerprint density at radius 1 is 1.21 bits per heavy atom. The van der Waals surface area contributed by atoms with Crippen LogP contribution in [0.15, 0.2) is 34.4 Å². The van der Waals surface area contributed by atoms with Gasteiger partial charge in [-0.25, -0.2) is 10.2 Å². The quantitative estimate of drug-likeness (QED) is 0.583. The summed E-state index contributed by atoms with van der Waals surface area (Å²) in [4.78, 5) is 33.4. The van der Waals surface area contributed by atoms with Crippen LogP contribution >= 0.6 is 11.3 Å². The standard InChI is InChI=1S/C24H25N5O2S.CHN/c25-12-17-6-2-3-7-18(17)14-29-23(31)21-20(27-24(29)28-10-4-1-5-11-28)19(15-32-21)22(30)26-13-16-8-9-16;1-2/h2-3,6-7,15-16H,1,4-5,8-11,13-14H2,(H,26,30);1H. The van der Waals surface area contributed by atoms with Crippen LogP contribution in [0.4, 0.5) is 5.95 Å². The molecule has 174 valence electrons. The van der Waals surface area contributed by atoms with E-state index in [4.69, 9.17) is 10.2 Å². The Morgan fingerprint density at radius 3 is 2.65 bits per heavy atom. The van der Waals surface area contributed by atoms with Crippen LogP contribution in [0.1, 0.15) is 53.6 Å². The number of hydrogen-bond acceptors (Lipinski definition) is 7. The molecule has 0 bridgehead atoms. The van der Waals surface area contributed by atoms with Crippen molar-refractivity contribution in [2.45, 2.75) is 38.6 Å². The lowest BCUT2D eigenvalue weighted by molar-refractivity contribution is 0.0953. The number of thiophene rings is 1. The third-order valence-corrected chi connectivity index (χ3v) is 7.21. The summed E-state index contributed by atoms with van der Waals surface area (Å²) in [5.74, 6) is 1.01. The van der Waals surface area contributed by atoms with E-state index < -0.39 is 0 Å². The van der Waals surface area contributed by atoms with Gasteiger partial charge < -0.3 is 10.2 Å². The minimum absolute atomic E-state index is 0.158. The molecule has 0 unspecified atom stereocenters. The summed E-state index contributed by atoms with van der Waals surface area (Å²) >= 11 is 1.27. The van der Waals surface area contributed by atoms with E-state index in [-0.39, 0.29) is 18.0 Å². The average molecular weight is 475 g/mol. The van der Waals surface area contributed by atoms with Gasteiger partial charge >= 0.3 is 0 Å². The fraction of sp³-hybridized carbons (Fsp3) is 0.400. The fourth-order valence-corrected chi connectivity index (χ4v) is 5.15. The highest BCUT2D eigenvalue weighted by molar-refractivity contribution is 7.17. The van der Waals surface area contributed by atoms with E-state index >= 15 is 0 Å². The first-order valence-corrected chi connectivity index (χ1v) is 12.3. The second-order valence-corrected chi connectivity index (χ2v) is 9.48. The Labute approximate surface area is 202 Å². The minimum Gasteiger partial charge on any atom is -0.352 e. The monoisotopic (exact) mass is 474 g/mol. The average Bonchev–Trinajstić information content (AvgIpc) is 3.62. The molecule has 3 heterocycles. The number of nitrogens with zero attached hydrogens (tertiary/aromatic N) is 5. The van der Waals surface area contributed by atoms with Gasteiger partial charge in [0.1, 0.15) is 10.2 Å². The van der Waals surface area contributed by atoms with E-state index in [1.54, 1.807) is 16.0 Å². The van der Waals surface area contributed by atoms with Crippen molar-refractivity contribution in [3.63, 3.8) is 0 Å². The van der Waals surface area contributed by atoms with Gasteiger partial charge in [-0.1, -0.05) is 18.2 Å². The zero-order valence-electron chi connectivity index (χ0n) is 18.9. The molecule has 1 aliphatic heterocycles. The Hall–Kier alpha value is -3.69. The Morgan fingerprint density at radius 2 is 1.94 bits per heavy atom. The zero-order chi connectivity index (χ0) is 24.1. The molecule has 1 saturated carbocycles. The van der Waals surface area contributed by atoms with Crippen molar-refractivity contribution < 1.29 is 4.79 Å². The van der Waals surface area contributed by atoms with E-state index in [2.05, 4.69) is 22.9 Å². The van der Waals surface area contributed by atoms with Crippen LogP contribution in [0.25, 0.3) is 10.2 Å². The lowest BCUT2D eigenvalue weighted by atomic mass is 10.1. The largest absolute Gasteiger partial charge is 0.352 e. The number of hydrogen-bond donors (Lipinski definition) is 1. The number of piperidine rings is 1. The maximum absolute atomic E-state index is 13.6. The van der Waals surface area contributed by atoms with Crippen LogP contribution in [0, 0.1) is 29.1 Å². The van der Waals surface area contributed by atoms with Gasteiger partial charge in [-0.15, -0.1) is 11.3 Å². The first kappa shape index (κ1) is 23.5. The highest BCUT2D eigenvalue weighted by atomic mass is 32.1. The van der Waals surface area contributed by atoms with Crippen LogP contribution in [0.2, 0.25) is 0 Å². The molecular formula is C25H26N6O2S. The second-order valence-electron chi connectivity index (χ2n) is 8.60. The topological polar surface area (TPSA) is 115 Å². The van der Waals surface area contributed by atoms with Gasteiger partial charge in [0.05, 0.1) is 23.7 Å². The van der Waals surface area contributed by atoms with Crippen molar-refractivity contribution in [3.8, 4) is 12.6 Å². The first-order valence-electron chi connectivity index (χ1n) is 11.4. The number of anilines is 1. The Bertz CT molecular complexity index is 1310. The molecule has 2 fully saturated rings. The highest BCUT2D eigenvalue weighted by Gasteiger charge is 2.26. The summed E-state index contributed by atoms with van der Waals surface area (Å²) in [7, 11) is 0. The molecule has 34 heavy (non-hydrogen) atoms. The summed E-state index contributed by atoms with van der Waals surface area (Å²) in [6.45, 7) is 6.10. The number of fused-ring (bicyclic) bond motifs is 1. The van der Waals surface area contributed by atoms with E-state index in [0.717, 1.165) is 50.8 Å². The molecule has 1 saturated heterocycles. The summed E-state index contributed by atoms with van der Waals surface area (Å²) in [5, 5.41) is 20.7. The van der Waals surface area contributed by atoms with Crippen LogP contribution in [-0.2, 0) is 6.54 Å². The smallest absolute Gasteiger partial charge is 0.273 e. The summed E-state index contributed by atoms with van der Waals surface area (Å²) < 4.78 is 2.16. The van der Waals surface area contributed by atoms with Gasteiger partial charge in [0.15, 0.2) is 0 Å². The van der Waals surface area contributed by atoms with Crippen LogP contribution < -0.4 is 15.8 Å². The van der Waals surface area contributed by atoms with Gasteiger partial charge in [0.25, 0.3) is 11.5 Å². The number of benzene rings is 1. The van der Waals surface area contributed by atoms with E-state index in [1.165, 1.54) is 11.3 Å². The molecule has 1 aromatic carbocycles. The normalized spacial score (nSPS) is 15.3. The van der Waals surface area contributed by atoms with Crippen LogP contribution in [0.5, 0.6) is 0 Å². The van der Waals surface area contributed by atoms with E-state index in [1.807, 2.05) is 18.2 Å². The van der Waals surface area contributed by atoms with E-state index in [0.29, 0.717) is 39.8 Å². The van der Waals surface area contributed by atoms with Gasteiger partial charge in [-0.3, -0.25) is 14.2 Å². The third kappa shape index (κ3) is 4.80. The van der Waals surface area contributed by atoms with Gasteiger partial charge in [-0.05, 0) is 49.7 Å². The summed E-state index contributed by atoms with van der Waals surface area (Å²) in [6.07, 6.45) is 5.57. The molecule has 9 heteroatoms.